The highest BCUT2D eigenvalue weighted by molar-refractivity contribution is 4.88. The molecule has 0 amide bonds. The van der Waals surface area contributed by atoms with Gasteiger partial charge in [-0.1, -0.05) is 39.5 Å². The van der Waals surface area contributed by atoms with Crippen molar-refractivity contribution in [1.29, 1.82) is 0 Å². The molecule has 0 aromatic carbocycles. The van der Waals surface area contributed by atoms with Gasteiger partial charge >= 0.3 is 0 Å². The molecule has 0 bridgehead atoms. The minimum Gasteiger partial charge on any atom is -0.315 e. The van der Waals surface area contributed by atoms with Crippen molar-refractivity contribution in [3.63, 3.8) is 0 Å². The van der Waals surface area contributed by atoms with E-state index in [0.29, 0.717) is 6.04 Å². The summed E-state index contributed by atoms with van der Waals surface area (Å²) in [6.45, 7) is 9.76. The predicted octanol–water partition coefficient (Wildman–Crippen LogP) is 4.20. The van der Waals surface area contributed by atoms with Gasteiger partial charge in [0, 0.05) is 6.04 Å². The molecule has 2 fully saturated rings. The molecule has 1 saturated carbocycles. The highest BCUT2D eigenvalue weighted by Crippen LogP contribution is 2.44. The number of piperidine rings is 1. The molecule has 0 radical (unpaired) electrons. The topological polar surface area (TPSA) is 15.3 Å². The number of nitrogens with one attached hydrogen (secondary N) is 1. The molecule has 2 heteroatoms. The second-order valence-electron chi connectivity index (χ2n) is 7.57. The van der Waals surface area contributed by atoms with E-state index in [0.717, 1.165) is 5.41 Å². The van der Waals surface area contributed by atoms with Crippen LogP contribution in [0.1, 0.15) is 78.1 Å². The Labute approximate surface area is 126 Å². The van der Waals surface area contributed by atoms with E-state index in [9.17, 15) is 0 Å². The smallest absolute Gasteiger partial charge is 0.00103 e. The molecule has 2 nitrogen and oxygen atoms in total. The van der Waals surface area contributed by atoms with Crippen molar-refractivity contribution in [3.05, 3.63) is 0 Å². The summed E-state index contributed by atoms with van der Waals surface area (Å²) in [7, 11) is 0. The van der Waals surface area contributed by atoms with E-state index in [1.54, 1.807) is 0 Å². The summed E-state index contributed by atoms with van der Waals surface area (Å²) in [5.74, 6) is 0. The van der Waals surface area contributed by atoms with E-state index < -0.39 is 0 Å². The number of nitrogens with zero attached hydrogens (tertiary/aromatic N) is 1. The van der Waals surface area contributed by atoms with Crippen LogP contribution in [-0.4, -0.2) is 37.1 Å². The maximum absolute atomic E-state index is 3.51. The average Bonchev–Trinajstić information content (AvgIpc) is 2.45. The van der Waals surface area contributed by atoms with Gasteiger partial charge in [-0.15, -0.1) is 0 Å². The zero-order valence-electron chi connectivity index (χ0n) is 13.9. The minimum absolute atomic E-state index is 0.642. The van der Waals surface area contributed by atoms with Crippen molar-refractivity contribution in [2.75, 3.05) is 26.2 Å². The van der Waals surface area contributed by atoms with Crippen LogP contribution in [0.25, 0.3) is 0 Å². The fraction of sp³-hybridized carbons (Fsp3) is 1.00. The van der Waals surface area contributed by atoms with Crippen molar-refractivity contribution in [3.8, 4) is 0 Å². The van der Waals surface area contributed by atoms with Gasteiger partial charge in [0.05, 0.1) is 0 Å². The Morgan fingerprint density at radius 2 is 1.60 bits per heavy atom. The molecule has 0 aromatic heterocycles. The standard InChI is InChI=1S/C18H36N2/c1-17(2)19-13-7-4-8-14-20-15-11-18(12-16-20)9-5-3-6-10-18/h17,19H,3-16H2,1-2H3. The molecule has 118 valence electrons. The minimum atomic E-state index is 0.642. The Kier molecular flexibility index (Phi) is 6.83. The summed E-state index contributed by atoms with van der Waals surface area (Å²) in [5, 5.41) is 3.51. The van der Waals surface area contributed by atoms with Crippen LogP contribution in [0.2, 0.25) is 0 Å². The molecular formula is C18H36N2. The SMILES string of the molecule is CC(C)NCCCCCN1CCC2(CCCCC2)CC1. The molecule has 1 N–H and O–H groups in total. The molecule has 0 unspecified atom stereocenters. The average molecular weight is 280 g/mol. The Bertz CT molecular complexity index is 246. The van der Waals surface area contributed by atoms with Crippen molar-refractivity contribution in [2.45, 2.75) is 84.1 Å². The van der Waals surface area contributed by atoms with Crippen LogP contribution in [-0.2, 0) is 0 Å². The van der Waals surface area contributed by atoms with Gasteiger partial charge < -0.3 is 10.2 Å². The zero-order valence-corrected chi connectivity index (χ0v) is 13.9. The van der Waals surface area contributed by atoms with E-state index in [1.165, 1.54) is 90.4 Å². The second-order valence-corrected chi connectivity index (χ2v) is 7.57. The van der Waals surface area contributed by atoms with Gasteiger partial charge in [-0.05, 0) is 70.1 Å². The lowest BCUT2D eigenvalue weighted by molar-refractivity contribution is 0.0670. The van der Waals surface area contributed by atoms with Gasteiger partial charge in [0.25, 0.3) is 0 Å². The Hall–Kier alpha value is -0.0800. The maximum atomic E-state index is 3.51. The van der Waals surface area contributed by atoms with Crippen LogP contribution in [0.15, 0.2) is 0 Å². The van der Waals surface area contributed by atoms with E-state index in [4.69, 9.17) is 0 Å². The fourth-order valence-corrected chi connectivity index (χ4v) is 4.08. The van der Waals surface area contributed by atoms with Crippen LogP contribution < -0.4 is 5.32 Å². The lowest BCUT2D eigenvalue weighted by atomic mass is 9.68. The Balaban J connectivity index is 1.51. The third kappa shape index (κ3) is 5.37. The molecular weight excluding hydrogens is 244 g/mol. The molecule has 1 aliphatic carbocycles. The first-order valence-corrected chi connectivity index (χ1v) is 9.16. The molecule has 1 spiro atoms. The van der Waals surface area contributed by atoms with Gasteiger partial charge in [-0.2, -0.15) is 0 Å². The Morgan fingerprint density at radius 3 is 2.25 bits per heavy atom. The summed E-state index contributed by atoms with van der Waals surface area (Å²) < 4.78 is 0. The monoisotopic (exact) mass is 280 g/mol. The van der Waals surface area contributed by atoms with Crippen molar-refractivity contribution < 1.29 is 0 Å². The van der Waals surface area contributed by atoms with Crippen LogP contribution in [0, 0.1) is 5.41 Å². The first-order chi connectivity index (χ1) is 9.70. The summed E-state index contributed by atoms with van der Waals surface area (Å²) in [6, 6.07) is 0.642. The molecule has 1 saturated heterocycles. The molecule has 0 atom stereocenters. The molecule has 2 aliphatic rings. The first-order valence-electron chi connectivity index (χ1n) is 9.16. The number of hydrogen-bond acceptors (Lipinski definition) is 2. The maximum Gasteiger partial charge on any atom is 0.00103 e. The van der Waals surface area contributed by atoms with Gasteiger partial charge in [0.2, 0.25) is 0 Å². The van der Waals surface area contributed by atoms with Gasteiger partial charge in [0.1, 0.15) is 0 Å². The van der Waals surface area contributed by atoms with E-state index in [-0.39, 0.29) is 0 Å². The van der Waals surface area contributed by atoms with E-state index in [1.807, 2.05) is 0 Å². The molecule has 20 heavy (non-hydrogen) atoms. The molecule has 2 rings (SSSR count). The summed E-state index contributed by atoms with van der Waals surface area (Å²) in [5.41, 5.74) is 0.774. The number of likely N-dealkylation sites (tertiary alicyclic amines) is 1. The van der Waals surface area contributed by atoms with Gasteiger partial charge in [-0.3, -0.25) is 0 Å². The summed E-state index contributed by atoms with van der Waals surface area (Å²) in [4.78, 5) is 2.73. The lowest BCUT2D eigenvalue weighted by Crippen LogP contribution is -2.41. The summed E-state index contributed by atoms with van der Waals surface area (Å²) >= 11 is 0. The normalized spacial score (nSPS) is 23.6. The first kappa shape index (κ1) is 16.3. The Morgan fingerprint density at radius 1 is 0.900 bits per heavy atom. The molecule has 0 aromatic rings. The largest absolute Gasteiger partial charge is 0.315 e. The van der Waals surface area contributed by atoms with Gasteiger partial charge in [0.15, 0.2) is 0 Å². The van der Waals surface area contributed by atoms with Crippen LogP contribution in [0.3, 0.4) is 0 Å². The fourth-order valence-electron chi connectivity index (χ4n) is 4.08. The van der Waals surface area contributed by atoms with Crippen LogP contribution in [0.4, 0.5) is 0 Å². The zero-order chi connectivity index (χ0) is 14.3. The highest BCUT2D eigenvalue weighted by Gasteiger charge is 2.35. The van der Waals surface area contributed by atoms with Crippen LogP contribution in [0.5, 0.6) is 0 Å². The number of unbranched alkanes of at least 4 members (excludes halogenated alkanes) is 2. The van der Waals surface area contributed by atoms with Crippen molar-refractivity contribution in [2.24, 2.45) is 5.41 Å². The van der Waals surface area contributed by atoms with Crippen LogP contribution >= 0.6 is 0 Å². The second kappa shape index (κ2) is 8.38. The third-order valence-corrected chi connectivity index (χ3v) is 5.53. The van der Waals surface area contributed by atoms with E-state index in [2.05, 4.69) is 24.1 Å². The number of hydrogen-bond donors (Lipinski definition) is 1. The van der Waals surface area contributed by atoms with E-state index >= 15 is 0 Å². The van der Waals surface area contributed by atoms with Crippen molar-refractivity contribution in [1.82, 2.24) is 10.2 Å². The molecule has 1 heterocycles. The number of rotatable bonds is 7. The lowest BCUT2D eigenvalue weighted by Gasteiger charge is -2.44. The third-order valence-electron chi connectivity index (χ3n) is 5.53. The molecule has 1 aliphatic heterocycles. The predicted molar refractivity (Wildman–Crippen MR) is 88.2 cm³/mol. The quantitative estimate of drug-likeness (QED) is 0.703. The summed E-state index contributed by atoms with van der Waals surface area (Å²) in [6.07, 6.45) is 14.7. The van der Waals surface area contributed by atoms with Gasteiger partial charge in [-0.25, -0.2) is 0 Å². The highest BCUT2D eigenvalue weighted by atomic mass is 15.1. The van der Waals surface area contributed by atoms with Crippen molar-refractivity contribution >= 4 is 0 Å².